The normalized spacial score (nSPS) is 11.0. The van der Waals surface area contributed by atoms with Crippen LogP contribution >= 0.6 is 0 Å². The molecule has 0 aliphatic rings. The van der Waals surface area contributed by atoms with Gasteiger partial charge in [0.15, 0.2) is 0 Å². The predicted molar refractivity (Wildman–Crippen MR) is 108 cm³/mol. The van der Waals surface area contributed by atoms with Crippen molar-refractivity contribution in [1.82, 2.24) is 4.98 Å². The molecule has 4 rings (SSSR count). The number of pyridine rings is 1. The van der Waals surface area contributed by atoms with Crippen molar-refractivity contribution >= 4 is 33.3 Å². The second-order valence-corrected chi connectivity index (χ2v) is 6.69. The Morgan fingerprint density at radius 1 is 0.885 bits per heavy atom. The third-order valence-electron chi connectivity index (χ3n) is 4.76. The van der Waals surface area contributed by atoms with Crippen molar-refractivity contribution in [2.45, 2.75) is 13.8 Å². The zero-order valence-electron chi connectivity index (χ0n) is 15.2. The van der Waals surface area contributed by atoms with Crippen LogP contribution in [-0.2, 0) is 0 Å². The maximum atomic E-state index is 13.4. The number of anilines is 1. The molecule has 0 saturated heterocycles. The van der Waals surface area contributed by atoms with E-state index in [1.807, 2.05) is 69.4 Å². The Kier molecular flexibility index (Phi) is 3.92. The van der Waals surface area contributed by atoms with Crippen molar-refractivity contribution in [3.05, 3.63) is 83.6 Å². The number of amides is 1. The molecular weight excluding hydrogens is 320 g/mol. The molecule has 0 radical (unpaired) electrons. The van der Waals surface area contributed by atoms with Crippen LogP contribution in [0.3, 0.4) is 0 Å². The molecule has 0 saturated carbocycles. The van der Waals surface area contributed by atoms with Crippen molar-refractivity contribution in [2.75, 3.05) is 11.9 Å². The maximum Gasteiger partial charge on any atom is 0.258 e. The number of carbonyl (C=O) groups excluding carboxylic acids is 1. The minimum absolute atomic E-state index is 0.0255. The Bertz CT molecular complexity index is 1140. The summed E-state index contributed by atoms with van der Waals surface area (Å²) in [5, 5.41) is 3.08. The molecule has 1 amide bonds. The Balaban J connectivity index is 1.87. The first-order valence-corrected chi connectivity index (χ1v) is 8.68. The van der Waals surface area contributed by atoms with Gasteiger partial charge >= 0.3 is 0 Å². The van der Waals surface area contributed by atoms with Crippen LogP contribution in [0.25, 0.3) is 21.7 Å². The summed E-state index contributed by atoms with van der Waals surface area (Å²) in [5.74, 6) is -0.0255. The Labute approximate surface area is 152 Å². The van der Waals surface area contributed by atoms with E-state index in [2.05, 4.69) is 23.2 Å². The number of aryl methyl sites for hydroxylation is 2. The SMILES string of the molecule is Cc1ccc2nc(C)cc(C(=O)N(C)c3cccc4ccccc34)c2c1. The number of hydrogen-bond donors (Lipinski definition) is 0. The maximum absolute atomic E-state index is 13.4. The van der Waals surface area contributed by atoms with Gasteiger partial charge in [0, 0.05) is 23.5 Å². The molecule has 0 unspecified atom stereocenters. The van der Waals surface area contributed by atoms with E-state index in [0.29, 0.717) is 5.56 Å². The molecule has 0 bridgehead atoms. The fourth-order valence-electron chi connectivity index (χ4n) is 3.44. The van der Waals surface area contributed by atoms with Crippen LogP contribution in [-0.4, -0.2) is 17.9 Å². The van der Waals surface area contributed by atoms with E-state index in [9.17, 15) is 4.79 Å². The topological polar surface area (TPSA) is 33.2 Å². The highest BCUT2D eigenvalue weighted by molar-refractivity contribution is 6.16. The van der Waals surface area contributed by atoms with Crippen molar-refractivity contribution in [2.24, 2.45) is 0 Å². The van der Waals surface area contributed by atoms with Crippen molar-refractivity contribution in [3.8, 4) is 0 Å². The summed E-state index contributed by atoms with van der Waals surface area (Å²) in [6.45, 7) is 3.95. The standard InChI is InChI=1S/C23H20N2O/c1-15-11-12-21-19(13-15)20(14-16(2)24-21)23(26)25(3)22-10-6-8-17-7-4-5-9-18(17)22/h4-14H,1-3H3. The monoisotopic (exact) mass is 340 g/mol. The third-order valence-corrected chi connectivity index (χ3v) is 4.76. The highest BCUT2D eigenvalue weighted by Crippen LogP contribution is 2.28. The van der Waals surface area contributed by atoms with E-state index < -0.39 is 0 Å². The average molecular weight is 340 g/mol. The summed E-state index contributed by atoms with van der Waals surface area (Å²) >= 11 is 0. The fourth-order valence-corrected chi connectivity index (χ4v) is 3.44. The summed E-state index contributed by atoms with van der Waals surface area (Å²) in [6, 6.07) is 22.1. The van der Waals surface area contributed by atoms with Gasteiger partial charge in [-0.1, -0.05) is 48.0 Å². The van der Waals surface area contributed by atoms with Gasteiger partial charge in [-0.2, -0.15) is 0 Å². The van der Waals surface area contributed by atoms with E-state index in [1.54, 1.807) is 4.90 Å². The van der Waals surface area contributed by atoms with Crippen LogP contribution in [0.5, 0.6) is 0 Å². The Morgan fingerprint density at radius 3 is 2.50 bits per heavy atom. The van der Waals surface area contributed by atoms with Crippen LogP contribution in [0, 0.1) is 13.8 Å². The van der Waals surface area contributed by atoms with Crippen LogP contribution in [0.4, 0.5) is 5.69 Å². The Morgan fingerprint density at radius 2 is 1.65 bits per heavy atom. The molecule has 128 valence electrons. The molecule has 0 fully saturated rings. The highest BCUT2D eigenvalue weighted by atomic mass is 16.2. The summed E-state index contributed by atoms with van der Waals surface area (Å²) in [4.78, 5) is 19.7. The zero-order valence-corrected chi connectivity index (χ0v) is 15.2. The van der Waals surface area contributed by atoms with Crippen LogP contribution in [0.15, 0.2) is 66.7 Å². The van der Waals surface area contributed by atoms with Crippen LogP contribution in [0.1, 0.15) is 21.6 Å². The minimum atomic E-state index is -0.0255. The number of benzene rings is 3. The van der Waals surface area contributed by atoms with Gasteiger partial charge in [0.1, 0.15) is 0 Å². The zero-order chi connectivity index (χ0) is 18.3. The first-order valence-electron chi connectivity index (χ1n) is 8.68. The van der Waals surface area contributed by atoms with Gasteiger partial charge in [0.25, 0.3) is 5.91 Å². The van der Waals surface area contributed by atoms with Gasteiger partial charge in [-0.25, -0.2) is 0 Å². The van der Waals surface area contributed by atoms with Crippen molar-refractivity contribution in [1.29, 1.82) is 0 Å². The molecule has 1 heterocycles. The summed E-state index contributed by atoms with van der Waals surface area (Å²) in [6.07, 6.45) is 0. The highest BCUT2D eigenvalue weighted by Gasteiger charge is 2.19. The van der Waals surface area contributed by atoms with Gasteiger partial charge in [-0.15, -0.1) is 0 Å². The van der Waals surface area contributed by atoms with Gasteiger partial charge in [0.2, 0.25) is 0 Å². The predicted octanol–water partition coefficient (Wildman–Crippen LogP) is 5.28. The second-order valence-electron chi connectivity index (χ2n) is 6.69. The average Bonchev–Trinajstić information content (AvgIpc) is 2.66. The third kappa shape index (κ3) is 2.72. The molecule has 3 heteroatoms. The van der Waals surface area contributed by atoms with Crippen LogP contribution in [0.2, 0.25) is 0 Å². The van der Waals surface area contributed by atoms with E-state index in [1.165, 1.54) is 0 Å². The van der Waals surface area contributed by atoms with E-state index in [-0.39, 0.29) is 5.91 Å². The molecule has 26 heavy (non-hydrogen) atoms. The summed E-state index contributed by atoms with van der Waals surface area (Å²) < 4.78 is 0. The van der Waals surface area contributed by atoms with E-state index in [0.717, 1.165) is 38.6 Å². The molecule has 0 spiro atoms. The minimum Gasteiger partial charge on any atom is -0.311 e. The lowest BCUT2D eigenvalue weighted by molar-refractivity contribution is 0.0994. The van der Waals surface area contributed by atoms with Gasteiger partial charge in [-0.3, -0.25) is 9.78 Å². The van der Waals surface area contributed by atoms with Gasteiger partial charge in [-0.05, 0) is 43.5 Å². The lowest BCUT2D eigenvalue weighted by atomic mass is 10.0. The van der Waals surface area contributed by atoms with Crippen molar-refractivity contribution in [3.63, 3.8) is 0 Å². The molecule has 0 aliphatic carbocycles. The molecule has 0 aliphatic heterocycles. The van der Waals surface area contributed by atoms with Crippen LogP contribution < -0.4 is 4.90 Å². The molecular formula is C23H20N2O. The number of fused-ring (bicyclic) bond motifs is 2. The summed E-state index contributed by atoms with van der Waals surface area (Å²) in [7, 11) is 1.83. The first kappa shape index (κ1) is 16.3. The van der Waals surface area contributed by atoms with E-state index >= 15 is 0 Å². The molecule has 3 nitrogen and oxygen atoms in total. The second kappa shape index (κ2) is 6.26. The smallest absolute Gasteiger partial charge is 0.258 e. The molecule has 4 aromatic rings. The lowest BCUT2D eigenvalue weighted by Crippen LogP contribution is -2.26. The number of carbonyl (C=O) groups is 1. The molecule has 0 atom stereocenters. The fraction of sp³-hybridized carbons (Fsp3) is 0.130. The number of hydrogen-bond acceptors (Lipinski definition) is 2. The molecule has 1 aromatic heterocycles. The largest absolute Gasteiger partial charge is 0.311 e. The van der Waals surface area contributed by atoms with E-state index in [4.69, 9.17) is 0 Å². The lowest BCUT2D eigenvalue weighted by Gasteiger charge is -2.20. The Hall–Kier alpha value is -3.20. The number of rotatable bonds is 2. The molecule has 3 aromatic carbocycles. The summed E-state index contributed by atoms with van der Waals surface area (Å²) in [5.41, 5.74) is 4.40. The van der Waals surface area contributed by atoms with Gasteiger partial charge < -0.3 is 4.90 Å². The quantitative estimate of drug-likeness (QED) is 0.497. The number of aromatic nitrogens is 1. The van der Waals surface area contributed by atoms with Gasteiger partial charge in [0.05, 0.1) is 16.8 Å². The first-order chi connectivity index (χ1) is 12.5. The van der Waals surface area contributed by atoms with Crippen molar-refractivity contribution < 1.29 is 4.79 Å². The molecule has 0 N–H and O–H groups in total. The number of nitrogens with zero attached hydrogens (tertiary/aromatic N) is 2.